The number of hydrogen-bond donors (Lipinski definition) is 0. The Bertz CT molecular complexity index is 97.2. The van der Waals surface area contributed by atoms with Crippen molar-refractivity contribution in [3.8, 4) is 0 Å². The molecule has 0 aliphatic heterocycles. The van der Waals surface area contributed by atoms with Gasteiger partial charge in [-0.2, -0.15) is 0 Å². The fraction of sp³-hybridized carbons (Fsp3) is 0.818. The van der Waals surface area contributed by atoms with E-state index in [1.54, 1.807) is 0 Å². The van der Waals surface area contributed by atoms with Crippen molar-refractivity contribution in [3.05, 3.63) is 12.3 Å². The quantitative estimate of drug-likeness (QED) is 0.396. The van der Waals surface area contributed by atoms with E-state index in [1.165, 1.54) is 32.1 Å². The van der Waals surface area contributed by atoms with Gasteiger partial charge in [-0.3, -0.25) is 0 Å². The second-order valence-corrected chi connectivity index (χ2v) is 3.07. The lowest BCUT2D eigenvalue weighted by Gasteiger charge is -1.99. The predicted octanol–water partition coefficient (Wildman–Crippen LogP) is 3.90. The van der Waals surface area contributed by atoms with E-state index in [0.29, 0.717) is 0 Å². The standard InChI is InChI=1S/C11H22O/c1-3-5-7-8-9-11-12-10-6-4-2/h6,10H,3-5,7-9,11H2,1-2H3. The molecule has 12 heavy (non-hydrogen) atoms. The van der Waals surface area contributed by atoms with Gasteiger partial charge < -0.3 is 4.74 Å². The lowest BCUT2D eigenvalue weighted by molar-refractivity contribution is 0.239. The normalized spacial score (nSPS) is 10.8. The zero-order valence-corrected chi connectivity index (χ0v) is 8.51. The summed E-state index contributed by atoms with van der Waals surface area (Å²) in [5.41, 5.74) is 0. The van der Waals surface area contributed by atoms with Crippen LogP contribution in [0.4, 0.5) is 0 Å². The van der Waals surface area contributed by atoms with Crippen molar-refractivity contribution in [2.75, 3.05) is 6.61 Å². The maximum Gasteiger partial charge on any atom is 0.0873 e. The molecule has 0 fully saturated rings. The van der Waals surface area contributed by atoms with Crippen molar-refractivity contribution in [3.63, 3.8) is 0 Å². The Kier molecular flexibility index (Phi) is 10.1. The summed E-state index contributed by atoms with van der Waals surface area (Å²) in [5, 5.41) is 0. The van der Waals surface area contributed by atoms with Crippen LogP contribution in [0.25, 0.3) is 0 Å². The van der Waals surface area contributed by atoms with Crippen LogP contribution in [-0.4, -0.2) is 6.61 Å². The fourth-order valence-corrected chi connectivity index (χ4v) is 1.02. The Hall–Kier alpha value is -0.460. The molecule has 0 spiro atoms. The third kappa shape index (κ3) is 9.54. The Morgan fingerprint density at radius 2 is 1.75 bits per heavy atom. The van der Waals surface area contributed by atoms with Gasteiger partial charge in [0, 0.05) is 0 Å². The van der Waals surface area contributed by atoms with Crippen LogP contribution in [0.15, 0.2) is 12.3 Å². The van der Waals surface area contributed by atoms with Crippen LogP contribution in [0, 0.1) is 0 Å². The van der Waals surface area contributed by atoms with Gasteiger partial charge in [0.2, 0.25) is 0 Å². The van der Waals surface area contributed by atoms with Crippen molar-refractivity contribution in [2.45, 2.75) is 52.4 Å². The molecule has 0 bridgehead atoms. The average molecular weight is 170 g/mol. The minimum Gasteiger partial charge on any atom is -0.502 e. The summed E-state index contributed by atoms with van der Waals surface area (Å²) < 4.78 is 5.27. The Morgan fingerprint density at radius 1 is 1.00 bits per heavy atom. The smallest absolute Gasteiger partial charge is 0.0873 e. The van der Waals surface area contributed by atoms with Crippen molar-refractivity contribution in [1.29, 1.82) is 0 Å². The molecule has 0 N–H and O–H groups in total. The second kappa shape index (κ2) is 10.5. The molecule has 72 valence electrons. The molecule has 0 saturated heterocycles. The van der Waals surface area contributed by atoms with E-state index in [2.05, 4.69) is 13.8 Å². The number of rotatable bonds is 8. The first-order valence-electron chi connectivity index (χ1n) is 5.18. The molecule has 0 aromatic heterocycles. The van der Waals surface area contributed by atoms with Gasteiger partial charge in [0.1, 0.15) is 0 Å². The summed E-state index contributed by atoms with van der Waals surface area (Å²) >= 11 is 0. The van der Waals surface area contributed by atoms with E-state index < -0.39 is 0 Å². The molecule has 0 atom stereocenters. The number of ether oxygens (including phenoxy) is 1. The molecular weight excluding hydrogens is 148 g/mol. The van der Waals surface area contributed by atoms with Crippen LogP contribution in [0.2, 0.25) is 0 Å². The second-order valence-electron chi connectivity index (χ2n) is 3.07. The molecule has 0 heterocycles. The molecule has 0 aromatic carbocycles. The summed E-state index contributed by atoms with van der Waals surface area (Å²) in [7, 11) is 0. The van der Waals surface area contributed by atoms with Crippen LogP contribution in [-0.2, 0) is 4.74 Å². The van der Waals surface area contributed by atoms with Gasteiger partial charge in [-0.25, -0.2) is 0 Å². The maximum absolute atomic E-state index is 5.27. The monoisotopic (exact) mass is 170 g/mol. The van der Waals surface area contributed by atoms with Crippen molar-refractivity contribution < 1.29 is 4.74 Å². The minimum atomic E-state index is 0.889. The predicted molar refractivity (Wildman–Crippen MR) is 54.1 cm³/mol. The van der Waals surface area contributed by atoms with Gasteiger partial charge in [0.05, 0.1) is 12.9 Å². The van der Waals surface area contributed by atoms with Gasteiger partial charge in [0.25, 0.3) is 0 Å². The van der Waals surface area contributed by atoms with Crippen molar-refractivity contribution in [2.24, 2.45) is 0 Å². The van der Waals surface area contributed by atoms with E-state index in [1.807, 2.05) is 12.3 Å². The molecule has 1 nitrogen and oxygen atoms in total. The third-order valence-electron chi connectivity index (χ3n) is 1.79. The van der Waals surface area contributed by atoms with E-state index >= 15 is 0 Å². The molecular formula is C11H22O. The van der Waals surface area contributed by atoms with E-state index in [-0.39, 0.29) is 0 Å². The van der Waals surface area contributed by atoms with Gasteiger partial charge in [-0.1, -0.05) is 45.6 Å². The van der Waals surface area contributed by atoms with E-state index in [4.69, 9.17) is 4.74 Å². The lowest BCUT2D eigenvalue weighted by atomic mass is 10.2. The Morgan fingerprint density at radius 3 is 2.42 bits per heavy atom. The topological polar surface area (TPSA) is 9.23 Å². The number of hydrogen-bond acceptors (Lipinski definition) is 1. The average Bonchev–Trinajstić information content (AvgIpc) is 2.10. The third-order valence-corrected chi connectivity index (χ3v) is 1.79. The molecule has 0 rings (SSSR count). The fourth-order valence-electron chi connectivity index (χ4n) is 1.02. The minimum absolute atomic E-state index is 0.889. The molecule has 0 saturated carbocycles. The van der Waals surface area contributed by atoms with Gasteiger partial charge in [0.15, 0.2) is 0 Å². The molecule has 0 amide bonds. The highest BCUT2D eigenvalue weighted by Crippen LogP contribution is 2.02. The first-order valence-corrected chi connectivity index (χ1v) is 5.18. The first-order chi connectivity index (χ1) is 5.91. The van der Waals surface area contributed by atoms with E-state index in [9.17, 15) is 0 Å². The summed E-state index contributed by atoms with van der Waals surface area (Å²) in [5.74, 6) is 0. The van der Waals surface area contributed by atoms with E-state index in [0.717, 1.165) is 13.0 Å². The molecule has 0 aliphatic rings. The summed E-state index contributed by atoms with van der Waals surface area (Å²) in [6.07, 6.45) is 11.5. The van der Waals surface area contributed by atoms with Crippen LogP contribution in [0.5, 0.6) is 0 Å². The highest BCUT2D eigenvalue weighted by atomic mass is 16.5. The molecule has 1 heteroatoms. The molecule has 0 unspecified atom stereocenters. The largest absolute Gasteiger partial charge is 0.502 e. The zero-order chi connectivity index (χ0) is 9.07. The van der Waals surface area contributed by atoms with Crippen molar-refractivity contribution in [1.82, 2.24) is 0 Å². The number of allylic oxidation sites excluding steroid dienone is 1. The lowest BCUT2D eigenvalue weighted by Crippen LogP contribution is -1.87. The maximum atomic E-state index is 5.27. The molecule has 0 aromatic rings. The van der Waals surface area contributed by atoms with Crippen LogP contribution in [0.1, 0.15) is 52.4 Å². The van der Waals surface area contributed by atoms with Gasteiger partial charge in [-0.15, -0.1) is 0 Å². The van der Waals surface area contributed by atoms with Crippen molar-refractivity contribution >= 4 is 0 Å². The Balaban J connectivity index is 2.86. The Labute approximate surface area is 76.8 Å². The number of unbranched alkanes of at least 4 members (excludes halogenated alkanes) is 4. The first kappa shape index (κ1) is 11.5. The van der Waals surface area contributed by atoms with Gasteiger partial charge in [-0.05, 0) is 12.8 Å². The SMILES string of the molecule is CCC=COCCCCCCC. The van der Waals surface area contributed by atoms with Crippen LogP contribution >= 0.6 is 0 Å². The van der Waals surface area contributed by atoms with Gasteiger partial charge >= 0.3 is 0 Å². The summed E-state index contributed by atoms with van der Waals surface area (Å²) in [4.78, 5) is 0. The van der Waals surface area contributed by atoms with Crippen LogP contribution in [0.3, 0.4) is 0 Å². The highest BCUT2D eigenvalue weighted by Gasteiger charge is 1.87. The molecule has 0 radical (unpaired) electrons. The van der Waals surface area contributed by atoms with Crippen LogP contribution < -0.4 is 0 Å². The zero-order valence-electron chi connectivity index (χ0n) is 8.51. The highest BCUT2D eigenvalue weighted by molar-refractivity contribution is 4.70. The summed E-state index contributed by atoms with van der Waals surface area (Å²) in [6.45, 7) is 5.24. The molecule has 0 aliphatic carbocycles. The summed E-state index contributed by atoms with van der Waals surface area (Å²) in [6, 6.07) is 0.